The van der Waals surface area contributed by atoms with Gasteiger partial charge in [0.25, 0.3) is 11.8 Å². The number of hydrogen-bond acceptors (Lipinski definition) is 8. The summed E-state index contributed by atoms with van der Waals surface area (Å²) in [5, 5.41) is 6.78. The first-order chi connectivity index (χ1) is 20.3. The zero-order valence-electron chi connectivity index (χ0n) is 23.5. The maximum atomic E-state index is 12.8. The van der Waals surface area contributed by atoms with Crippen LogP contribution in [0.2, 0.25) is 0 Å². The van der Waals surface area contributed by atoms with E-state index in [1.807, 2.05) is 19.1 Å². The van der Waals surface area contributed by atoms with Gasteiger partial charge in [0, 0.05) is 22.4 Å². The van der Waals surface area contributed by atoms with E-state index in [4.69, 9.17) is 18.9 Å². The van der Waals surface area contributed by atoms with Crippen LogP contribution < -0.4 is 29.7 Å². The van der Waals surface area contributed by atoms with E-state index in [0.717, 1.165) is 5.56 Å². The van der Waals surface area contributed by atoms with Crippen LogP contribution in [0, 0.1) is 6.92 Å². The van der Waals surface area contributed by atoms with E-state index >= 15 is 0 Å². The molecule has 0 fully saturated rings. The highest BCUT2D eigenvalue weighted by Crippen LogP contribution is 2.38. The number of aryl methyl sites for hydroxylation is 1. The van der Waals surface area contributed by atoms with Gasteiger partial charge in [-0.1, -0.05) is 29.8 Å². The van der Waals surface area contributed by atoms with Crippen LogP contribution in [0.25, 0.3) is 0 Å². The molecule has 10 nitrogen and oxygen atoms in total. The van der Waals surface area contributed by atoms with Crippen molar-refractivity contribution in [3.05, 3.63) is 113 Å². The van der Waals surface area contributed by atoms with E-state index in [1.54, 1.807) is 60.7 Å². The minimum atomic E-state index is -0.502. The third-order valence-corrected chi connectivity index (χ3v) is 6.11. The second-order valence-corrected chi connectivity index (χ2v) is 8.94. The van der Waals surface area contributed by atoms with Crippen LogP contribution in [0.4, 0.5) is 5.69 Å². The number of nitrogens with zero attached hydrogens (tertiary/aromatic N) is 1. The third-order valence-electron chi connectivity index (χ3n) is 6.11. The summed E-state index contributed by atoms with van der Waals surface area (Å²) >= 11 is 0. The standard InChI is InChI=1S/C32H29N3O7/c1-20-9-11-22(12-10-20)32(38)42-26-8-6-5-7-23(26)19-33-35-31(37)21-13-15-25(16-14-21)34-30(36)24-17-27(39-2)29(41-4)28(18-24)40-3/h5-19H,1-4H3,(H,34,36)(H,35,37)/b33-19-. The van der Waals surface area contributed by atoms with Crippen molar-refractivity contribution in [2.45, 2.75) is 6.92 Å². The van der Waals surface area contributed by atoms with Gasteiger partial charge >= 0.3 is 5.97 Å². The van der Waals surface area contributed by atoms with Crippen molar-refractivity contribution in [2.75, 3.05) is 26.6 Å². The molecule has 10 heteroatoms. The number of esters is 1. The molecule has 2 N–H and O–H groups in total. The average molecular weight is 568 g/mol. The Balaban J connectivity index is 1.37. The summed E-state index contributed by atoms with van der Waals surface area (Å²) in [4.78, 5) is 38.0. The molecule has 0 aliphatic rings. The lowest BCUT2D eigenvalue weighted by Gasteiger charge is -2.14. The second kappa shape index (κ2) is 13.6. The molecule has 0 unspecified atom stereocenters. The summed E-state index contributed by atoms with van der Waals surface area (Å²) in [7, 11) is 4.41. The predicted molar refractivity (Wildman–Crippen MR) is 158 cm³/mol. The zero-order chi connectivity index (χ0) is 30.1. The number of carbonyl (C=O) groups excluding carboxylic acids is 3. The summed E-state index contributed by atoms with van der Waals surface area (Å²) in [6.07, 6.45) is 1.39. The fourth-order valence-corrected chi connectivity index (χ4v) is 3.87. The van der Waals surface area contributed by atoms with Gasteiger partial charge < -0.3 is 24.3 Å². The number of methoxy groups -OCH3 is 3. The first kappa shape index (κ1) is 29.3. The zero-order valence-corrected chi connectivity index (χ0v) is 23.5. The molecule has 0 radical (unpaired) electrons. The van der Waals surface area contributed by atoms with E-state index in [2.05, 4.69) is 15.8 Å². The number of benzene rings is 4. The molecule has 42 heavy (non-hydrogen) atoms. The molecule has 0 spiro atoms. The van der Waals surface area contributed by atoms with E-state index in [-0.39, 0.29) is 0 Å². The molecule has 0 aliphatic heterocycles. The molecule has 214 valence electrons. The Morgan fingerprint density at radius 1 is 0.690 bits per heavy atom. The van der Waals surface area contributed by atoms with Gasteiger partial charge in [0.2, 0.25) is 5.75 Å². The lowest BCUT2D eigenvalue weighted by molar-refractivity contribution is 0.0734. The van der Waals surface area contributed by atoms with Crippen LogP contribution in [-0.2, 0) is 0 Å². The summed E-state index contributed by atoms with van der Waals surface area (Å²) in [5.74, 6) is -0.00383. The van der Waals surface area contributed by atoms with Crippen molar-refractivity contribution < 1.29 is 33.3 Å². The van der Waals surface area contributed by atoms with Gasteiger partial charge in [-0.3, -0.25) is 9.59 Å². The highest BCUT2D eigenvalue weighted by Gasteiger charge is 2.17. The number of hydrazone groups is 1. The summed E-state index contributed by atoms with van der Waals surface area (Å²) in [6.45, 7) is 1.93. The Morgan fingerprint density at radius 3 is 1.93 bits per heavy atom. The Bertz CT molecular complexity index is 1590. The van der Waals surface area contributed by atoms with Crippen molar-refractivity contribution >= 4 is 29.7 Å². The molecule has 4 aromatic rings. The largest absolute Gasteiger partial charge is 0.493 e. The molecule has 0 heterocycles. The first-order valence-corrected chi connectivity index (χ1v) is 12.8. The average Bonchev–Trinajstić information content (AvgIpc) is 3.01. The number of rotatable bonds is 10. The van der Waals surface area contributed by atoms with Crippen LogP contribution in [0.3, 0.4) is 0 Å². The minimum Gasteiger partial charge on any atom is -0.493 e. The molecule has 0 bridgehead atoms. The van der Waals surface area contributed by atoms with Gasteiger partial charge in [-0.25, -0.2) is 10.2 Å². The maximum absolute atomic E-state index is 12.8. The number of hydrogen-bond donors (Lipinski definition) is 2. The minimum absolute atomic E-state index is 0.297. The highest BCUT2D eigenvalue weighted by atomic mass is 16.5. The maximum Gasteiger partial charge on any atom is 0.343 e. The van der Waals surface area contributed by atoms with E-state index < -0.39 is 17.8 Å². The van der Waals surface area contributed by atoms with Gasteiger partial charge in [-0.05, 0) is 67.6 Å². The molecule has 0 aromatic heterocycles. The summed E-state index contributed by atoms with van der Waals surface area (Å²) < 4.78 is 21.4. The topological polar surface area (TPSA) is 125 Å². The van der Waals surface area contributed by atoms with Crippen molar-refractivity contribution in [3.8, 4) is 23.0 Å². The van der Waals surface area contributed by atoms with Crippen LogP contribution >= 0.6 is 0 Å². The molecule has 4 rings (SSSR count). The monoisotopic (exact) mass is 567 g/mol. The number of para-hydroxylation sites is 1. The van der Waals surface area contributed by atoms with E-state index in [1.165, 1.54) is 39.7 Å². The Hall–Kier alpha value is -5.64. The molecular weight excluding hydrogens is 538 g/mol. The van der Waals surface area contributed by atoms with E-state index in [9.17, 15) is 14.4 Å². The molecule has 0 atom stereocenters. The van der Waals surface area contributed by atoms with Crippen molar-refractivity contribution in [3.63, 3.8) is 0 Å². The van der Waals surface area contributed by atoms with Crippen molar-refractivity contribution in [1.82, 2.24) is 5.43 Å². The molecular formula is C32H29N3O7. The lowest BCUT2D eigenvalue weighted by Crippen LogP contribution is -2.18. The Labute approximate surface area is 242 Å². The van der Waals surface area contributed by atoms with Crippen LogP contribution in [0.1, 0.15) is 42.2 Å². The van der Waals surface area contributed by atoms with Gasteiger partial charge in [0.15, 0.2) is 11.5 Å². The van der Waals surface area contributed by atoms with Gasteiger partial charge in [-0.15, -0.1) is 0 Å². The van der Waals surface area contributed by atoms with Crippen LogP contribution in [-0.4, -0.2) is 45.3 Å². The SMILES string of the molecule is COc1cc(C(=O)Nc2ccc(C(=O)N/N=C\c3ccccc3OC(=O)c3ccc(C)cc3)cc2)cc(OC)c1OC. The molecule has 0 aliphatic carbocycles. The normalized spacial score (nSPS) is 10.6. The van der Waals surface area contributed by atoms with Gasteiger partial charge in [0.05, 0.1) is 33.1 Å². The molecule has 0 saturated heterocycles. The van der Waals surface area contributed by atoms with Gasteiger partial charge in [-0.2, -0.15) is 5.10 Å². The Kier molecular flexibility index (Phi) is 9.52. The number of ether oxygens (including phenoxy) is 4. The number of amides is 2. The summed E-state index contributed by atoms with van der Waals surface area (Å²) in [5.41, 5.74) is 5.49. The fourth-order valence-electron chi connectivity index (χ4n) is 3.87. The number of carbonyl (C=O) groups is 3. The van der Waals surface area contributed by atoms with Crippen LogP contribution in [0.5, 0.6) is 23.0 Å². The fraction of sp³-hybridized carbons (Fsp3) is 0.125. The molecule has 4 aromatic carbocycles. The second-order valence-electron chi connectivity index (χ2n) is 8.94. The first-order valence-electron chi connectivity index (χ1n) is 12.8. The smallest absolute Gasteiger partial charge is 0.343 e. The van der Waals surface area contributed by atoms with Gasteiger partial charge in [0.1, 0.15) is 5.75 Å². The number of nitrogens with one attached hydrogen (secondary N) is 2. The van der Waals surface area contributed by atoms with Crippen molar-refractivity contribution in [1.29, 1.82) is 0 Å². The quantitative estimate of drug-likeness (QED) is 0.116. The van der Waals surface area contributed by atoms with Crippen LogP contribution in [0.15, 0.2) is 90.0 Å². The number of anilines is 1. The summed E-state index contributed by atoms with van der Waals surface area (Å²) in [6, 6.07) is 23.2. The molecule has 2 amide bonds. The van der Waals surface area contributed by atoms with Crippen molar-refractivity contribution in [2.24, 2.45) is 5.10 Å². The van der Waals surface area contributed by atoms with E-state index in [0.29, 0.717) is 50.9 Å². The molecule has 0 saturated carbocycles. The lowest BCUT2D eigenvalue weighted by atomic mass is 10.1. The highest BCUT2D eigenvalue weighted by molar-refractivity contribution is 6.05. The third kappa shape index (κ3) is 7.11. The predicted octanol–water partition coefficient (Wildman–Crippen LogP) is 5.26. The Morgan fingerprint density at radius 2 is 1.31 bits per heavy atom.